The average Bonchev–Trinajstić information content (AvgIpc) is 2.52. The first kappa shape index (κ1) is 22.1. The third-order valence-corrected chi connectivity index (χ3v) is 3.29. The van der Waals surface area contributed by atoms with Gasteiger partial charge in [-0.15, -0.1) is 0 Å². The Balaban J connectivity index is 2.93. The number of ether oxygens (including phenoxy) is 1. The molecule has 148 valence electrons. The van der Waals surface area contributed by atoms with E-state index in [0.29, 0.717) is 0 Å². The minimum atomic E-state index is -1.17. The van der Waals surface area contributed by atoms with E-state index in [2.05, 4.69) is 0 Å². The molecule has 27 heavy (non-hydrogen) atoms. The standard InChI is InChI=1S/C19H26N2O6/c1-14(22)10-21(18(26)27-19(2,3)4)12-16(23)20(13-17(24)25)11-15-8-6-5-7-9-15/h5-9H,10-13H2,1-4H3,(H,24,25). The van der Waals surface area contributed by atoms with Crippen LogP contribution in [0.25, 0.3) is 0 Å². The Bertz CT molecular complexity index is 681. The number of carboxylic acid groups (broad SMARTS) is 1. The lowest BCUT2D eigenvalue weighted by atomic mass is 10.2. The maximum absolute atomic E-state index is 12.6. The van der Waals surface area contributed by atoms with Gasteiger partial charge in [-0.1, -0.05) is 30.3 Å². The van der Waals surface area contributed by atoms with Gasteiger partial charge in [-0.05, 0) is 33.3 Å². The second kappa shape index (κ2) is 9.70. The molecule has 0 unspecified atom stereocenters. The third-order valence-electron chi connectivity index (χ3n) is 3.29. The molecular weight excluding hydrogens is 352 g/mol. The fraction of sp³-hybridized carbons (Fsp3) is 0.474. The van der Waals surface area contributed by atoms with E-state index in [1.807, 2.05) is 6.07 Å². The summed E-state index contributed by atoms with van der Waals surface area (Å²) in [4.78, 5) is 49.7. The second-order valence-electron chi connectivity index (χ2n) is 7.17. The maximum Gasteiger partial charge on any atom is 0.411 e. The molecule has 0 radical (unpaired) electrons. The number of carbonyl (C=O) groups excluding carboxylic acids is 3. The molecule has 0 spiro atoms. The van der Waals surface area contributed by atoms with E-state index >= 15 is 0 Å². The van der Waals surface area contributed by atoms with Crippen molar-refractivity contribution in [3.63, 3.8) is 0 Å². The Morgan fingerprint density at radius 3 is 2.04 bits per heavy atom. The van der Waals surface area contributed by atoms with Gasteiger partial charge in [-0.3, -0.25) is 19.3 Å². The van der Waals surface area contributed by atoms with Crippen LogP contribution in [0, 0.1) is 0 Å². The van der Waals surface area contributed by atoms with Gasteiger partial charge < -0.3 is 14.7 Å². The molecule has 0 bridgehead atoms. The topological polar surface area (TPSA) is 104 Å². The van der Waals surface area contributed by atoms with E-state index in [1.165, 1.54) is 6.92 Å². The van der Waals surface area contributed by atoms with Gasteiger partial charge in [0.25, 0.3) is 0 Å². The van der Waals surface area contributed by atoms with Crippen LogP contribution in [0.5, 0.6) is 0 Å². The molecule has 8 nitrogen and oxygen atoms in total. The molecule has 0 atom stereocenters. The Kier molecular flexibility index (Phi) is 7.96. The number of ketones is 1. The van der Waals surface area contributed by atoms with Gasteiger partial charge in [0.1, 0.15) is 24.5 Å². The van der Waals surface area contributed by atoms with Crippen molar-refractivity contribution in [2.75, 3.05) is 19.6 Å². The van der Waals surface area contributed by atoms with E-state index in [-0.39, 0.29) is 18.9 Å². The van der Waals surface area contributed by atoms with Crippen molar-refractivity contribution >= 4 is 23.8 Å². The molecule has 0 fully saturated rings. The smallest absolute Gasteiger partial charge is 0.411 e. The van der Waals surface area contributed by atoms with Gasteiger partial charge in [0, 0.05) is 6.54 Å². The molecule has 1 N–H and O–H groups in total. The third kappa shape index (κ3) is 8.84. The number of hydrogen-bond acceptors (Lipinski definition) is 5. The minimum Gasteiger partial charge on any atom is -0.480 e. The lowest BCUT2D eigenvalue weighted by Crippen LogP contribution is -2.47. The van der Waals surface area contributed by atoms with Crippen LogP contribution >= 0.6 is 0 Å². The highest BCUT2D eigenvalue weighted by atomic mass is 16.6. The first-order valence-corrected chi connectivity index (χ1v) is 8.49. The lowest BCUT2D eigenvalue weighted by molar-refractivity contribution is -0.145. The van der Waals surface area contributed by atoms with E-state index in [0.717, 1.165) is 15.4 Å². The van der Waals surface area contributed by atoms with E-state index in [9.17, 15) is 19.2 Å². The maximum atomic E-state index is 12.6. The van der Waals surface area contributed by atoms with Crippen LogP contribution in [0.2, 0.25) is 0 Å². The normalized spacial score (nSPS) is 10.8. The number of carboxylic acids is 1. The van der Waals surface area contributed by atoms with Gasteiger partial charge in [0.15, 0.2) is 0 Å². The molecule has 0 aliphatic heterocycles. The fourth-order valence-electron chi connectivity index (χ4n) is 2.24. The number of amides is 2. The summed E-state index contributed by atoms with van der Waals surface area (Å²) in [5.74, 6) is -2.08. The first-order valence-electron chi connectivity index (χ1n) is 8.49. The zero-order valence-corrected chi connectivity index (χ0v) is 16.1. The van der Waals surface area contributed by atoms with E-state index in [4.69, 9.17) is 9.84 Å². The van der Waals surface area contributed by atoms with Crippen LogP contribution in [0.1, 0.15) is 33.3 Å². The van der Waals surface area contributed by atoms with Crippen molar-refractivity contribution < 1.29 is 29.0 Å². The summed E-state index contributed by atoms with van der Waals surface area (Å²) in [6.45, 7) is 5.12. The number of rotatable bonds is 8. The van der Waals surface area contributed by atoms with Crippen LogP contribution in [-0.4, -0.2) is 63.9 Å². The molecule has 0 aliphatic carbocycles. The van der Waals surface area contributed by atoms with Crippen molar-refractivity contribution in [1.29, 1.82) is 0 Å². The summed E-state index contributed by atoms with van der Waals surface area (Å²) in [5, 5.41) is 9.10. The number of aliphatic carboxylic acids is 1. The van der Waals surface area contributed by atoms with Crippen LogP contribution in [0.3, 0.4) is 0 Å². The molecule has 1 aromatic carbocycles. The van der Waals surface area contributed by atoms with Gasteiger partial charge >= 0.3 is 12.1 Å². The SMILES string of the molecule is CC(=O)CN(CC(=O)N(CC(=O)O)Cc1ccccc1)C(=O)OC(C)(C)C. The number of carbonyl (C=O) groups is 4. The number of hydrogen-bond donors (Lipinski definition) is 1. The first-order chi connectivity index (χ1) is 12.5. The largest absolute Gasteiger partial charge is 0.480 e. The Labute approximate surface area is 158 Å². The minimum absolute atomic E-state index is 0.0776. The zero-order chi connectivity index (χ0) is 20.6. The van der Waals surface area contributed by atoms with Crippen molar-refractivity contribution in [3.05, 3.63) is 35.9 Å². The van der Waals surface area contributed by atoms with Gasteiger partial charge in [-0.25, -0.2) is 4.79 Å². The highest BCUT2D eigenvalue weighted by Crippen LogP contribution is 2.11. The van der Waals surface area contributed by atoms with Gasteiger partial charge in [-0.2, -0.15) is 0 Å². The zero-order valence-electron chi connectivity index (χ0n) is 16.1. The molecule has 0 saturated carbocycles. The summed E-state index contributed by atoms with van der Waals surface area (Å²) in [6.07, 6.45) is -0.805. The predicted octanol–water partition coefficient (Wildman–Crippen LogP) is 1.93. The molecule has 8 heteroatoms. The van der Waals surface area contributed by atoms with Crippen LogP contribution < -0.4 is 0 Å². The average molecular weight is 378 g/mol. The Morgan fingerprint density at radius 2 is 1.56 bits per heavy atom. The quantitative estimate of drug-likeness (QED) is 0.741. The molecule has 0 aromatic heterocycles. The monoisotopic (exact) mass is 378 g/mol. The molecule has 0 heterocycles. The lowest BCUT2D eigenvalue weighted by Gasteiger charge is -2.28. The Hall–Kier alpha value is -2.90. The van der Waals surface area contributed by atoms with E-state index in [1.54, 1.807) is 45.0 Å². The highest BCUT2D eigenvalue weighted by molar-refractivity contribution is 5.88. The van der Waals surface area contributed by atoms with E-state index < -0.39 is 36.7 Å². The second-order valence-corrected chi connectivity index (χ2v) is 7.17. The highest BCUT2D eigenvalue weighted by Gasteiger charge is 2.27. The molecule has 2 amide bonds. The summed E-state index contributed by atoms with van der Waals surface area (Å²) < 4.78 is 5.23. The van der Waals surface area contributed by atoms with Gasteiger partial charge in [0.05, 0.1) is 6.54 Å². The Morgan fingerprint density at radius 1 is 0.963 bits per heavy atom. The van der Waals surface area contributed by atoms with Crippen LogP contribution in [0.15, 0.2) is 30.3 Å². The van der Waals surface area contributed by atoms with Gasteiger partial charge in [0.2, 0.25) is 5.91 Å². The summed E-state index contributed by atoms with van der Waals surface area (Å²) >= 11 is 0. The van der Waals surface area contributed by atoms with Crippen molar-refractivity contribution in [2.45, 2.75) is 39.8 Å². The molecule has 0 aliphatic rings. The number of Topliss-reactive ketones (excluding diaryl/α,β-unsaturated/α-hetero) is 1. The molecule has 1 rings (SSSR count). The van der Waals surface area contributed by atoms with Crippen molar-refractivity contribution in [1.82, 2.24) is 9.80 Å². The van der Waals surface area contributed by atoms with Crippen LogP contribution in [0.4, 0.5) is 4.79 Å². The molecule has 1 aromatic rings. The number of benzene rings is 1. The molecule has 0 saturated heterocycles. The number of nitrogens with zero attached hydrogens (tertiary/aromatic N) is 2. The summed E-state index contributed by atoms with van der Waals surface area (Å²) in [7, 11) is 0. The van der Waals surface area contributed by atoms with Crippen LogP contribution in [-0.2, 0) is 25.7 Å². The van der Waals surface area contributed by atoms with Crippen molar-refractivity contribution in [3.8, 4) is 0 Å². The predicted molar refractivity (Wildman–Crippen MR) is 98.0 cm³/mol. The summed E-state index contributed by atoms with van der Waals surface area (Å²) in [5.41, 5.74) is -0.0394. The summed E-state index contributed by atoms with van der Waals surface area (Å²) in [6, 6.07) is 8.90. The molecular formula is C19H26N2O6. The fourth-order valence-corrected chi connectivity index (χ4v) is 2.24. The van der Waals surface area contributed by atoms with Crippen molar-refractivity contribution in [2.24, 2.45) is 0 Å².